The van der Waals surface area contributed by atoms with Crippen LogP contribution in [0.2, 0.25) is 0 Å². The summed E-state index contributed by atoms with van der Waals surface area (Å²) in [5.41, 5.74) is 1.41. The van der Waals surface area contributed by atoms with Gasteiger partial charge in [-0.05, 0) is 34.9 Å². The van der Waals surface area contributed by atoms with Gasteiger partial charge in [0.25, 0.3) is 0 Å². The summed E-state index contributed by atoms with van der Waals surface area (Å²) in [6.07, 6.45) is -6.97. The van der Waals surface area contributed by atoms with Crippen molar-refractivity contribution in [2.24, 2.45) is 0 Å². The fourth-order valence-electron chi connectivity index (χ4n) is 3.78. The Bertz CT molecular complexity index is 1030. The van der Waals surface area contributed by atoms with Gasteiger partial charge in [0.15, 0.2) is 0 Å². The molecule has 0 saturated carbocycles. The maximum absolute atomic E-state index is 12.5. The van der Waals surface area contributed by atoms with Crippen LogP contribution in [0.15, 0.2) is 48.5 Å². The van der Waals surface area contributed by atoms with Gasteiger partial charge in [0.2, 0.25) is 6.29 Å². The summed E-state index contributed by atoms with van der Waals surface area (Å²) in [4.78, 5) is 12.5. The quantitative estimate of drug-likeness (QED) is 0.258. The van der Waals surface area contributed by atoms with E-state index < -0.39 is 49.4 Å². The van der Waals surface area contributed by atoms with E-state index in [9.17, 15) is 35.4 Å². The number of phenolic OH excluding ortho intramolecular Hbond substituents is 1. The number of esters is 1. The third-order valence-corrected chi connectivity index (χ3v) is 5.60. The van der Waals surface area contributed by atoms with Crippen LogP contribution in [0.1, 0.15) is 11.1 Å². The Labute approximate surface area is 188 Å². The third kappa shape index (κ3) is 4.86. The van der Waals surface area contributed by atoms with Gasteiger partial charge in [0.1, 0.15) is 41.7 Å². The highest BCUT2D eigenvalue weighted by molar-refractivity contribution is 5.94. The standard InChI is InChI=1S/C23H24O10/c24-10-18-20(28)21(29)22(30)23(33-18)31-14-6-3-12-7-16(26)15(9-19(27)32-17(12)8-14)11-1-4-13(25)5-2-11/h1-6,8-9,16,18,20-26,28-30H,7,10H2/b15-9-. The van der Waals surface area contributed by atoms with E-state index in [1.165, 1.54) is 30.3 Å². The summed E-state index contributed by atoms with van der Waals surface area (Å²) in [7, 11) is 0. The lowest BCUT2D eigenvalue weighted by atomic mass is 9.94. The second-order valence-electron chi connectivity index (χ2n) is 7.87. The van der Waals surface area contributed by atoms with Crippen LogP contribution >= 0.6 is 0 Å². The van der Waals surface area contributed by atoms with Gasteiger partial charge in [-0.25, -0.2) is 4.79 Å². The topological polar surface area (TPSA) is 166 Å². The third-order valence-electron chi connectivity index (χ3n) is 5.60. The summed E-state index contributed by atoms with van der Waals surface area (Å²) in [5.74, 6) is -0.423. The monoisotopic (exact) mass is 460 g/mol. The molecular formula is C23H24O10. The molecule has 2 aliphatic rings. The number of ether oxygens (including phenoxy) is 3. The minimum Gasteiger partial charge on any atom is -0.508 e. The minimum absolute atomic E-state index is 0.0551. The van der Waals surface area contributed by atoms with Crippen LogP contribution in [0.4, 0.5) is 0 Å². The number of carbonyl (C=O) groups is 1. The van der Waals surface area contributed by atoms with Gasteiger partial charge >= 0.3 is 5.97 Å². The highest BCUT2D eigenvalue weighted by Gasteiger charge is 2.44. The zero-order valence-corrected chi connectivity index (χ0v) is 17.3. The molecule has 10 nitrogen and oxygen atoms in total. The average Bonchev–Trinajstić information content (AvgIpc) is 2.79. The van der Waals surface area contributed by atoms with Crippen molar-refractivity contribution >= 4 is 11.5 Å². The predicted octanol–water partition coefficient (Wildman–Crippen LogP) is -0.523. The van der Waals surface area contributed by atoms with Crippen molar-refractivity contribution in [1.29, 1.82) is 0 Å². The number of fused-ring (bicyclic) bond motifs is 1. The SMILES string of the molecule is O=C1/C=C(/c2ccc(O)cc2)C(O)Cc2ccc(OC3OC(CO)C(O)C(O)C3O)cc2O1. The highest BCUT2D eigenvalue weighted by Crippen LogP contribution is 2.33. The number of rotatable bonds is 4. The van der Waals surface area contributed by atoms with Crippen molar-refractivity contribution in [2.75, 3.05) is 6.61 Å². The zero-order valence-electron chi connectivity index (χ0n) is 17.3. The molecule has 2 aromatic rings. The molecule has 6 N–H and O–H groups in total. The molecule has 33 heavy (non-hydrogen) atoms. The maximum Gasteiger partial charge on any atom is 0.336 e. The Morgan fingerprint density at radius 1 is 0.970 bits per heavy atom. The molecule has 0 aromatic heterocycles. The molecule has 2 aliphatic heterocycles. The smallest absolute Gasteiger partial charge is 0.336 e. The molecule has 1 fully saturated rings. The van der Waals surface area contributed by atoms with Gasteiger partial charge in [-0.2, -0.15) is 0 Å². The molecule has 0 spiro atoms. The lowest BCUT2D eigenvalue weighted by molar-refractivity contribution is -0.277. The van der Waals surface area contributed by atoms with E-state index in [0.29, 0.717) is 16.7 Å². The molecule has 6 unspecified atom stereocenters. The number of aromatic hydroxyl groups is 1. The van der Waals surface area contributed by atoms with E-state index in [0.717, 1.165) is 0 Å². The van der Waals surface area contributed by atoms with Crippen LogP contribution in [0.3, 0.4) is 0 Å². The van der Waals surface area contributed by atoms with Gasteiger partial charge in [-0.15, -0.1) is 0 Å². The highest BCUT2D eigenvalue weighted by atomic mass is 16.7. The first-order chi connectivity index (χ1) is 15.8. The van der Waals surface area contributed by atoms with Crippen LogP contribution in [0.5, 0.6) is 17.2 Å². The Morgan fingerprint density at radius 2 is 1.70 bits per heavy atom. The van der Waals surface area contributed by atoms with Gasteiger partial charge in [-0.1, -0.05) is 18.2 Å². The molecular weight excluding hydrogens is 436 g/mol. The maximum atomic E-state index is 12.5. The lowest BCUT2D eigenvalue weighted by Gasteiger charge is -2.39. The molecule has 0 radical (unpaired) electrons. The van der Waals surface area contributed by atoms with Gasteiger partial charge in [0, 0.05) is 18.6 Å². The van der Waals surface area contributed by atoms with Crippen molar-refractivity contribution in [1.82, 2.24) is 0 Å². The van der Waals surface area contributed by atoms with Crippen LogP contribution in [0, 0.1) is 0 Å². The summed E-state index contributed by atoms with van der Waals surface area (Å²) >= 11 is 0. The van der Waals surface area contributed by atoms with E-state index in [2.05, 4.69) is 0 Å². The van der Waals surface area contributed by atoms with Crippen molar-refractivity contribution in [2.45, 2.75) is 43.2 Å². The Morgan fingerprint density at radius 3 is 2.39 bits per heavy atom. The molecule has 6 atom stereocenters. The number of hydrogen-bond acceptors (Lipinski definition) is 10. The summed E-state index contributed by atoms with van der Waals surface area (Å²) in [6, 6.07) is 10.5. The fraction of sp³-hybridized carbons (Fsp3) is 0.348. The first-order valence-electron chi connectivity index (χ1n) is 10.3. The minimum atomic E-state index is -1.60. The van der Waals surface area contributed by atoms with Gasteiger partial charge < -0.3 is 44.8 Å². The molecule has 176 valence electrons. The zero-order chi connectivity index (χ0) is 23.7. The number of carbonyl (C=O) groups excluding carboxylic acids is 1. The molecule has 0 bridgehead atoms. The molecule has 0 amide bonds. The molecule has 1 saturated heterocycles. The Kier molecular flexibility index (Phi) is 6.66. The number of phenols is 1. The van der Waals surface area contributed by atoms with Gasteiger partial charge in [-0.3, -0.25) is 0 Å². The van der Waals surface area contributed by atoms with E-state index >= 15 is 0 Å². The second kappa shape index (κ2) is 9.48. The summed E-state index contributed by atoms with van der Waals surface area (Å²) in [6.45, 7) is -0.597. The number of benzene rings is 2. The average molecular weight is 460 g/mol. The molecule has 2 heterocycles. The molecule has 0 aliphatic carbocycles. The van der Waals surface area contributed by atoms with Crippen molar-refractivity contribution in [3.63, 3.8) is 0 Å². The van der Waals surface area contributed by atoms with E-state index in [1.807, 2.05) is 0 Å². The van der Waals surface area contributed by atoms with E-state index in [-0.39, 0.29) is 23.7 Å². The number of hydrogen-bond donors (Lipinski definition) is 6. The fourth-order valence-corrected chi connectivity index (χ4v) is 3.78. The van der Waals surface area contributed by atoms with Crippen molar-refractivity contribution in [3.8, 4) is 17.2 Å². The Balaban J connectivity index is 1.55. The van der Waals surface area contributed by atoms with Gasteiger partial charge in [0.05, 0.1) is 12.7 Å². The largest absolute Gasteiger partial charge is 0.508 e. The van der Waals surface area contributed by atoms with Crippen molar-refractivity contribution < 1.29 is 49.6 Å². The van der Waals surface area contributed by atoms with E-state index in [4.69, 9.17) is 14.2 Å². The Hall–Kier alpha value is -2.99. The first-order valence-corrected chi connectivity index (χ1v) is 10.3. The molecule has 2 aromatic carbocycles. The second-order valence-corrected chi connectivity index (χ2v) is 7.87. The van der Waals surface area contributed by atoms with Crippen molar-refractivity contribution in [3.05, 3.63) is 59.7 Å². The normalized spacial score (nSPS) is 31.4. The molecule has 4 rings (SSSR count). The lowest BCUT2D eigenvalue weighted by Crippen LogP contribution is -2.60. The summed E-state index contributed by atoms with van der Waals surface area (Å²) < 4.78 is 16.3. The predicted molar refractivity (Wildman–Crippen MR) is 112 cm³/mol. The summed E-state index contributed by atoms with van der Waals surface area (Å²) in [5, 5.41) is 59.5. The van der Waals surface area contributed by atoms with Crippen LogP contribution < -0.4 is 9.47 Å². The molecule has 10 heteroatoms. The van der Waals surface area contributed by atoms with E-state index in [1.54, 1.807) is 18.2 Å². The number of aliphatic hydroxyl groups excluding tert-OH is 5. The first kappa shape index (κ1) is 23.2. The van der Waals surface area contributed by atoms with Crippen LogP contribution in [-0.2, 0) is 16.0 Å². The van der Waals surface area contributed by atoms with Crippen LogP contribution in [0.25, 0.3) is 5.57 Å². The number of aliphatic hydroxyl groups is 5. The van der Waals surface area contributed by atoms with Crippen LogP contribution in [-0.4, -0.2) is 80.0 Å².